The van der Waals surface area contributed by atoms with Gasteiger partial charge in [-0.25, -0.2) is 4.98 Å². The Labute approximate surface area is 85.3 Å². The van der Waals surface area contributed by atoms with Crippen molar-refractivity contribution in [3.63, 3.8) is 0 Å². The number of rotatable bonds is 1. The van der Waals surface area contributed by atoms with Crippen LogP contribution < -0.4 is 5.73 Å². The molecule has 0 bridgehead atoms. The lowest BCUT2D eigenvalue weighted by molar-refractivity contribution is 0.327. The van der Waals surface area contributed by atoms with Crippen LogP contribution in [0, 0.1) is 0 Å². The van der Waals surface area contributed by atoms with Crippen LogP contribution in [0.5, 0.6) is 0 Å². The van der Waals surface area contributed by atoms with Gasteiger partial charge in [-0.3, -0.25) is 0 Å². The third kappa shape index (κ3) is 2.15. The van der Waals surface area contributed by atoms with Gasteiger partial charge >= 0.3 is 0 Å². The van der Waals surface area contributed by atoms with E-state index < -0.39 is 0 Å². The van der Waals surface area contributed by atoms with E-state index >= 15 is 0 Å². The lowest BCUT2D eigenvalue weighted by Crippen LogP contribution is -2.32. The third-order valence-electron chi connectivity index (χ3n) is 3.19. The highest BCUT2D eigenvalue weighted by atomic mass is 15.1. The van der Waals surface area contributed by atoms with Gasteiger partial charge in [0.05, 0.1) is 6.33 Å². The summed E-state index contributed by atoms with van der Waals surface area (Å²) in [6, 6.07) is 0.780. The average Bonchev–Trinajstić information content (AvgIpc) is 2.65. The maximum absolute atomic E-state index is 6.19. The van der Waals surface area contributed by atoms with Crippen LogP contribution in [-0.4, -0.2) is 15.6 Å². The largest absolute Gasteiger partial charge is 0.333 e. The third-order valence-corrected chi connectivity index (χ3v) is 3.19. The fourth-order valence-electron chi connectivity index (χ4n) is 2.33. The van der Waals surface area contributed by atoms with Gasteiger partial charge in [0.25, 0.3) is 0 Å². The molecule has 0 aromatic carbocycles. The monoisotopic (exact) mass is 193 g/mol. The molecule has 1 aliphatic rings. The molecule has 0 radical (unpaired) electrons. The zero-order valence-electron chi connectivity index (χ0n) is 8.60. The summed E-state index contributed by atoms with van der Waals surface area (Å²) in [4.78, 5) is 4.09. The van der Waals surface area contributed by atoms with Crippen LogP contribution in [0.4, 0.5) is 0 Å². The van der Waals surface area contributed by atoms with Gasteiger partial charge in [0.1, 0.15) is 0 Å². The van der Waals surface area contributed by atoms with E-state index in [0.29, 0.717) is 12.1 Å². The molecule has 0 aliphatic heterocycles. The van der Waals surface area contributed by atoms with E-state index in [1.165, 1.54) is 32.1 Å². The van der Waals surface area contributed by atoms with Crippen LogP contribution >= 0.6 is 0 Å². The van der Waals surface area contributed by atoms with Crippen molar-refractivity contribution in [1.29, 1.82) is 0 Å². The number of imidazole rings is 1. The molecule has 0 amide bonds. The Balaban J connectivity index is 2.06. The fourth-order valence-corrected chi connectivity index (χ4v) is 2.33. The quantitative estimate of drug-likeness (QED) is 0.742. The van der Waals surface area contributed by atoms with Crippen molar-refractivity contribution in [2.24, 2.45) is 5.73 Å². The predicted octanol–water partition coefficient (Wildman–Crippen LogP) is 2.11. The number of nitrogens with zero attached hydrogens (tertiary/aromatic N) is 2. The van der Waals surface area contributed by atoms with E-state index in [2.05, 4.69) is 9.55 Å². The van der Waals surface area contributed by atoms with Crippen LogP contribution in [0.1, 0.15) is 44.6 Å². The molecule has 0 saturated heterocycles. The van der Waals surface area contributed by atoms with E-state index in [1.807, 2.05) is 18.7 Å². The Morgan fingerprint density at radius 1 is 1.14 bits per heavy atom. The lowest BCUT2D eigenvalue weighted by Gasteiger charge is -2.27. The minimum Gasteiger partial charge on any atom is -0.333 e. The highest BCUT2D eigenvalue weighted by Crippen LogP contribution is 2.25. The zero-order chi connectivity index (χ0) is 9.80. The fraction of sp³-hybridized carbons (Fsp3) is 0.727. The van der Waals surface area contributed by atoms with E-state index in [4.69, 9.17) is 5.73 Å². The maximum atomic E-state index is 6.19. The molecular weight excluding hydrogens is 174 g/mol. The second-order valence-corrected chi connectivity index (χ2v) is 4.23. The normalized spacial score (nSPS) is 29.5. The van der Waals surface area contributed by atoms with Gasteiger partial charge in [-0.1, -0.05) is 25.7 Å². The minimum absolute atomic E-state index is 0.310. The Kier molecular flexibility index (Phi) is 3.19. The second kappa shape index (κ2) is 4.60. The predicted molar refractivity (Wildman–Crippen MR) is 56.9 cm³/mol. The van der Waals surface area contributed by atoms with E-state index in [-0.39, 0.29) is 0 Å². The molecule has 3 heteroatoms. The first-order chi connectivity index (χ1) is 6.88. The SMILES string of the molecule is NC1CCCCCCC1n1ccnc1. The minimum atomic E-state index is 0.310. The molecule has 0 spiro atoms. The van der Waals surface area contributed by atoms with Gasteiger partial charge in [-0.2, -0.15) is 0 Å². The maximum Gasteiger partial charge on any atom is 0.0949 e. The standard InChI is InChI=1S/C11H19N3/c12-10-5-3-1-2-4-6-11(10)14-8-7-13-9-14/h7-11H,1-6,12H2. The molecule has 1 saturated carbocycles. The van der Waals surface area contributed by atoms with Gasteiger partial charge in [0, 0.05) is 24.5 Å². The van der Waals surface area contributed by atoms with Gasteiger partial charge in [-0.15, -0.1) is 0 Å². The number of aromatic nitrogens is 2. The first kappa shape index (κ1) is 9.71. The average molecular weight is 193 g/mol. The Morgan fingerprint density at radius 3 is 2.64 bits per heavy atom. The highest BCUT2D eigenvalue weighted by molar-refractivity contribution is 4.86. The van der Waals surface area contributed by atoms with Crippen molar-refractivity contribution in [2.45, 2.75) is 50.6 Å². The zero-order valence-corrected chi connectivity index (χ0v) is 8.60. The van der Waals surface area contributed by atoms with Crippen molar-refractivity contribution in [3.05, 3.63) is 18.7 Å². The molecule has 78 valence electrons. The van der Waals surface area contributed by atoms with Crippen LogP contribution in [0.2, 0.25) is 0 Å². The van der Waals surface area contributed by atoms with E-state index in [9.17, 15) is 0 Å². The van der Waals surface area contributed by atoms with Crippen molar-refractivity contribution >= 4 is 0 Å². The first-order valence-electron chi connectivity index (χ1n) is 5.61. The van der Waals surface area contributed by atoms with E-state index in [0.717, 1.165) is 6.42 Å². The molecule has 2 N–H and O–H groups in total. The molecule has 2 unspecified atom stereocenters. The summed E-state index contributed by atoms with van der Waals surface area (Å²) in [6.45, 7) is 0. The Hall–Kier alpha value is -0.830. The van der Waals surface area contributed by atoms with Gasteiger partial charge in [0.2, 0.25) is 0 Å². The summed E-state index contributed by atoms with van der Waals surface area (Å²) >= 11 is 0. The number of hydrogen-bond donors (Lipinski definition) is 1. The van der Waals surface area contributed by atoms with Crippen LogP contribution in [0.3, 0.4) is 0 Å². The topological polar surface area (TPSA) is 43.8 Å². The molecule has 3 nitrogen and oxygen atoms in total. The summed E-state index contributed by atoms with van der Waals surface area (Å²) in [7, 11) is 0. The smallest absolute Gasteiger partial charge is 0.0949 e. The highest BCUT2D eigenvalue weighted by Gasteiger charge is 2.20. The van der Waals surface area contributed by atoms with Crippen molar-refractivity contribution in [1.82, 2.24) is 9.55 Å². The molecule has 1 heterocycles. The van der Waals surface area contributed by atoms with Crippen LogP contribution in [0.15, 0.2) is 18.7 Å². The molecule has 2 atom stereocenters. The van der Waals surface area contributed by atoms with Gasteiger partial charge < -0.3 is 10.3 Å². The van der Waals surface area contributed by atoms with Crippen molar-refractivity contribution in [2.75, 3.05) is 0 Å². The molecule has 1 aromatic heterocycles. The molecule has 1 aliphatic carbocycles. The van der Waals surface area contributed by atoms with Crippen LogP contribution in [0.25, 0.3) is 0 Å². The summed E-state index contributed by atoms with van der Waals surface area (Å²) < 4.78 is 2.18. The summed E-state index contributed by atoms with van der Waals surface area (Å²) in [5, 5.41) is 0. The first-order valence-corrected chi connectivity index (χ1v) is 5.61. The van der Waals surface area contributed by atoms with Gasteiger partial charge in [-0.05, 0) is 12.8 Å². The molecule has 2 rings (SSSR count). The lowest BCUT2D eigenvalue weighted by atomic mass is 9.93. The van der Waals surface area contributed by atoms with Crippen LogP contribution in [-0.2, 0) is 0 Å². The summed E-state index contributed by atoms with van der Waals surface area (Å²) in [5.41, 5.74) is 6.19. The molecule has 1 aromatic rings. The second-order valence-electron chi connectivity index (χ2n) is 4.23. The summed E-state index contributed by atoms with van der Waals surface area (Å²) in [5.74, 6) is 0. The molecule has 1 fully saturated rings. The Morgan fingerprint density at radius 2 is 1.93 bits per heavy atom. The summed E-state index contributed by atoms with van der Waals surface area (Å²) in [6.07, 6.45) is 13.4. The van der Waals surface area contributed by atoms with E-state index in [1.54, 1.807) is 0 Å². The molecular formula is C11H19N3. The Bertz CT molecular complexity index is 256. The van der Waals surface area contributed by atoms with Crippen molar-refractivity contribution < 1.29 is 0 Å². The number of nitrogens with two attached hydrogens (primary N) is 1. The van der Waals surface area contributed by atoms with Gasteiger partial charge in [0.15, 0.2) is 0 Å². The molecule has 14 heavy (non-hydrogen) atoms. The van der Waals surface area contributed by atoms with Crippen molar-refractivity contribution in [3.8, 4) is 0 Å². The number of hydrogen-bond acceptors (Lipinski definition) is 2.